The number of rotatable bonds is 7. The van der Waals surface area contributed by atoms with Gasteiger partial charge in [0.1, 0.15) is 11.5 Å². The van der Waals surface area contributed by atoms with Crippen molar-refractivity contribution in [3.8, 4) is 0 Å². The van der Waals surface area contributed by atoms with Crippen molar-refractivity contribution in [3.63, 3.8) is 0 Å². The van der Waals surface area contributed by atoms with Gasteiger partial charge in [-0.3, -0.25) is 9.59 Å². The van der Waals surface area contributed by atoms with Crippen LogP contribution < -0.4 is 5.32 Å². The minimum atomic E-state index is -0.932. The summed E-state index contributed by atoms with van der Waals surface area (Å²) in [7, 11) is 0. The summed E-state index contributed by atoms with van der Waals surface area (Å²) in [6.45, 7) is 0.107. The Labute approximate surface area is 162 Å². The van der Waals surface area contributed by atoms with Crippen LogP contribution in [0.4, 0.5) is 0 Å². The van der Waals surface area contributed by atoms with Crippen molar-refractivity contribution in [2.24, 2.45) is 0 Å². The molecule has 7 nitrogen and oxygen atoms in total. The molecule has 1 saturated carbocycles. The van der Waals surface area contributed by atoms with Crippen LogP contribution in [-0.4, -0.2) is 22.8 Å². The van der Waals surface area contributed by atoms with Crippen molar-refractivity contribution in [3.05, 3.63) is 72.5 Å². The largest absolute Gasteiger partial charge is 0.467 e. The molecule has 0 aliphatic heterocycles. The molecule has 2 amide bonds. The number of nitrogens with zero attached hydrogens (tertiary/aromatic N) is 1. The van der Waals surface area contributed by atoms with Gasteiger partial charge in [-0.15, -0.1) is 0 Å². The van der Waals surface area contributed by atoms with Gasteiger partial charge in [-0.05, 0) is 49.2 Å². The summed E-state index contributed by atoms with van der Waals surface area (Å²) >= 11 is 0. The van der Waals surface area contributed by atoms with E-state index in [2.05, 4.69) is 5.32 Å². The molecular formula is C21H22N2O5. The Bertz CT molecular complexity index is 878. The van der Waals surface area contributed by atoms with Crippen LogP contribution in [0.25, 0.3) is 0 Å². The first-order chi connectivity index (χ1) is 13.7. The van der Waals surface area contributed by atoms with Crippen LogP contribution in [0.15, 0.2) is 68.4 Å². The number of carbonyl (C=O) groups excluding carboxylic acids is 2. The molecule has 1 aliphatic rings. The molecule has 1 fully saturated rings. The Morgan fingerprint density at radius 1 is 1.00 bits per heavy atom. The first-order valence-electron chi connectivity index (χ1n) is 9.43. The van der Waals surface area contributed by atoms with E-state index >= 15 is 0 Å². The van der Waals surface area contributed by atoms with Crippen molar-refractivity contribution < 1.29 is 22.8 Å². The van der Waals surface area contributed by atoms with Crippen molar-refractivity contribution in [2.75, 3.05) is 0 Å². The van der Waals surface area contributed by atoms with Crippen LogP contribution in [0.2, 0.25) is 0 Å². The Morgan fingerprint density at radius 3 is 2.36 bits per heavy atom. The van der Waals surface area contributed by atoms with E-state index in [1.54, 1.807) is 36.4 Å². The third-order valence-corrected chi connectivity index (χ3v) is 4.97. The molecule has 0 radical (unpaired) electrons. The van der Waals surface area contributed by atoms with Crippen molar-refractivity contribution in [2.45, 2.75) is 44.3 Å². The van der Waals surface area contributed by atoms with Crippen molar-refractivity contribution >= 4 is 11.8 Å². The lowest BCUT2D eigenvalue weighted by molar-refractivity contribution is -0.127. The summed E-state index contributed by atoms with van der Waals surface area (Å²) in [6.07, 6.45) is 8.54. The first-order valence-corrected chi connectivity index (χ1v) is 9.43. The quantitative estimate of drug-likeness (QED) is 0.669. The van der Waals surface area contributed by atoms with Gasteiger partial charge >= 0.3 is 0 Å². The summed E-state index contributed by atoms with van der Waals surface area (Å²) in [4.78, 5) is 27.8. The predicted octanol–water partition coefficient (Wildman–Crippen LogP) is 3.91. The predicted molar refractivity (Wildman–Crippen MR) is 99.1 cm³/mol. The molecular weight excluding hydrogens is 360 g/mol. The van der Waals surface area contributed by atoms with Crippen LogP contribution in [0.5, 0.6) is 0 Å². The molecule has 3 heterocycles. The summed E-state index contributed by atoms with van der Waals surface area (Å²) in [5, 5.41) is 3.07. The number of hydrogen-bond donors (Lipinski definition) is 1. The first kappa shape index (κ1) is 18.2. The molecule has 28 heavy (non-hydrogen) atoms. The summed E-state index contributed by atoms with van der Waals surface area (Å²) in [5.41, 5.74) is 0. The van der Waals surface area contributed by atoms with Gasteiger partial charge in [0.25, 0.3) is 11.8 Å². The van der Waals surface area contributed by atoms with E-state index in [0.29, 0.717) is 11.5 Å². The molecule has 3 aromatic heterocycles. The zero-order valence-corrected chi connectivity index (χ0v) is 15.4. The Balaban J connectivity index is 1.67. The molecule has 0 bridgehead atoms. The summed E-state index contributed by atoms with van der Waals surface area (Å²) in [6, 6.07) is 9.30. The second-order valence-corrected chi connectivity index (χ2v) is 6.90. The maximum Gasteiger partial charge on any atom is 0.290 e. The lowest BCUT2D eigenvalue weighted by atomic mass is 10.1. The van der Waals surface area contributed by atoms with E-state index in [1.807, 2.05) is 0 Å². The second-order valence-electron chi connectivity index (χ2n) is 6.90. The number of amides is 2. The molecule has 146 valence electrons. The minimum absolute atomic E-state index is 0.107. The van der Waals surface area contributed by atoms with Gasteiger partial charge in [0, 0.05) is 6.04 Å². The highest BCUT2D eigenvalue weighted by molar-refractivity contribution is 5.95. The van der Waals surface area contributed by atoms with Crippen LogP contribution in [0.3, 0.4) is 0 Å². The SMILES string of the molecule is O=C(NC1CCCC1)[C@H](c1ccco1)N(Cc1ccco1)C(=O)c1ccco1. The van der Waals surface area contributed by atoms with Gasteiger partial charge < -0.3 is 23.5 Å². The lowest BCUT2D eigenvalue weighted by Crippen LogP contribution is -2.45. The molecule has 4 rings (SSSR count). The number of hydrogen-bond acceptors (Lipinski definition) is 5. The fourth-order valence-corrected chi connectivity index (χ4v) is 3.61. The molecule has 1 N–H and O–H groups in total. The van der Waals surface area contributed by atoms with Gasteiger partial charge in [0.15, 0.2) is 11.8 Å². The van der Waals surface area contributed by atoms with Crippen molar-refractivity contribution in [1.29, 1.82) is 0 Å². The molecule has 0 spiro atoms. The molecule has 0 aromatic carbocycles. The van der Waals surface area contributed by atoms with Gasteiger partial charge in [-0.2, -0.15) is 0 Å². The molecule has 1 atom stereocenters. The maximum atomic E-state index is 13.2. The molecule has 0 saturated heterocycles. The fourth-order valence-electron chi connectivity index (χ4n) is 3.61. The number of nitrogens with one attached hydrogen (secondary N) is 1. The minimum Gasteiger partial charge on any atom is -0.467 e. The smallest absolute Gasteiger partial charge is 0.290 e. The van der Waals surface area contributed by atoms with Crippen LogP contribution in [-0.2, 0) is 11.3 Å². The van der Waals surface area contributed by atoms with Crippen LogP contribution in [0.1, 0.15) is 53.8 Å². The van der Waals surface area contributed by atoms with Crippen LogP contribution in [0, 0.1) is 0 Å². The highest BCUT2D eigenvalue weighted by atomic mass is 16.3. The van der Waals surface area contributed by atoms with E-state index in [0.717, 1.165) is 25.7 Å². The Kier molecular flexibility index (Phi) is 5.32. The van der Waals surface area contributed by atoms with E-state index in [9.17, 15) is 9.59 Å². The third kappa shape index (κ3) is 3.88. The van der Waals surface area contributed by atoms with Gasteiger partial charge in [-0.1, -0.05) is 12.8 Å². The van der Waals surface area contributed by atoms with E-state index < -0.39 is 11.9 Å². The normalized spacial score (nSPS) is 15.4. The fraction of sp³-hybridized carbons (Fsp3) is 0.333. The second kappa shape index (κ2) is 8.21. The Morgan fingerprint density at radius 2 is 1.71 bits per heavy atom. The highest BCUT2D eigenvalue weighted by Gasteiger charge is 2.36. The molecule has 0 unspecified atom stereocenters. The van der Waals surface area contributed by atoms with Crippen molar-refractivity contribution in [1.82, 2.24) is 10.2 Å². The molecule has 1 aliphatic carbocycles. The summed E-state index contributed by atoms with van der Waals surface area (Å²) < 4.78 is 16.3. The van der Waals surface area contributed by atoms with E-state index in [1.165, 1.54) is 23.7 Å². The molecule has 7 heteroatoms. The standard InChI is InChI=1S/C21H22N2O5/c24-20(22-15-6-1-2-7-15)19(17-9-4-12-27-17)23(14-16-8-3-11-26-16)21(25)18-10-5-13-28-18/h3-5,8-13,15,19H,1-2,6-7,14H2,(H,22,24)/t19-/m0/s1. The maximum absolute atomic E-state index is 13.2. The average Bonchev–Trinajstić information content (AvgIpc) is 3.50. The Hall–Kier alpha value is -3.22. The van der Waals surface area contributed by atoms with Gasteiger partial charge in [-0.25, -0.2) is 0 Å². The summed E-state index contributed by atoms with van der Waals surface area (Å²) in [5.74, 6) is 0.418. The number of furan rings is 3. The van der Waals surface area contributed by atoms with E-state index in [-0.39, 0.29) is 24.3 Å². The lowest BCUT2D eigenvalue weighted by Gasteiger charge is -2.29. The topological polar surface area (TPSA) is 88.8 Å². The zero-order valence-electron chi connectivity index (χ0n) is 15.4. The molecule has 3 aromatic rings. The van der Waals surface area contributed by atoms with E-state index in [4.69, 9.17) is 13.3 Å². The zero-order chi connectivity index (χ0) is 19.3. The number of carbonyl (C=O) groups is 2. The van der Waals surface area contributed by atoms with Crippen LogP contribution >= 0.6 is 0 Å². The monoisotopic (exact) mass is 382 g/mol. The average molecular weight is 382 g/mol. The third-order valence-electron chi connectivity index (χ3n) is 4.97. The highest BCUT2D eigenvalue weighted by Crippen LogP contribution is 2.28. The van der Waals surface area contributed by atoms with Gasteiger partial charge in [0.05, 0.1) is 25.3 Å². The van der Waals surface area contributed by atoms with Gasteiger partial charge in [0.2, 0.25) is 0 Å².